The van der Waals surface area contributed by atoms with Crippen LogP contribution in [-0.2, 0) is 10.0 Å². The van der Waals surface area contributed by atoms with Gasteiger partial charge < -0.3 is 5.73 Å². The zero-order valence-corrected chi connectivity index (χ0v) is 9.97. The van der Waals surface area contributed by atoms with Gasteiger partial charge in [-0.1, -0.05) is 0 Å². The van der Waals surface area contributed by atoms with Crippen molar-refractivity contribution in [1.82, 2.24) is 4.31 Å². The summed E-state index contributed by atoms with van der Waals surface area (Å²) >= 11 is 0. The normalized spacial score (nSPS) is 25.1. The van der Waals surface area contributed by atoms with E-state index in [1.54, 1.807) is 11.2 Å². The number of hydrogen-bond donors (Lipinski definition) is 1. The van der Waals surface area contributed by atoms with Gasteiger partial charge in [-0.2, -0.15) is 4.31 Å². The molecule has 1 atom stereocenters. The fourth-order valence-electron chi connectivity index (χ4n) is 1.89. The maximum atomic E-state index is 12.0. The molecule has 0 aromatic rings. The molecule has 1 rings (SSSR count). The Hall–Kier alpha value is -0.130. The molecule has 0 radical (unpaired) electrons. The first kappa shape index (κ1) is 11.9. The second-order valence-corrected chi connectivity index (χ2v) is 6.85. The van der Waals surface area contributed by atoms with Crippen LogP contribution >= 0.6 is 0 Å². The van der Waals surface area contributed by atoms with Gasteiger partial charge in [0.15, 0.2) is 0 Å². The summed E-state index contributed by atoms with van der Waals surface area (Å²) in [5, 5.41) is -0.472. The molecule has 14 heavy (non-hydrogen) atoms. The molecule has 1 fully saturated rings. The highest BCUT2D eigenvalue weighted by molar-refractivity contribution is 7.89. The molecule has 1 unspecified atom stereocenters. The van der Waals surface area contributed by atoms with Crippen LogP contribution in [0.3, 0.4) is 0 Å². The Morgan fingerprint density at radius 1 is 1.50 bits per heavy atom. The molecule has 5 heteroatoms. The van der Waals surface area contributed by atoms with Crippen LogP contribution in [0.25, 0.3) is 0 Å². The fraction of sp³-hybridized carbons (Fsp3) is 1.00. The van der Waals surface area contributed by atoms with Gasteiger partial charge in [0, 0.05) is 18.6 Å². The van der Waals surface area contributed by atoms with Crippen molar-refractivity contribution >= 4 is 10.0 Å². The average Bonchev–Trinajstić information content (AvgIpc) is 2.44. The van der Waals surface area contributed by atoms with E-state index in [2.05, 4.69) is 0 Å². The molecule has 0 saturated carbocycles. The molecular weight excluding hydrogens is 200 g/mol. The van der Waals surface area contributed by atoms with E-state index < -0.39 is 15.3 Å². The van der Waals surface area contributed by atoms with Crippen molar-refractivity contribution in [3.05, 3.63) is 0 Å². The van der Waals surface area contributed by atoms with Crippen molar-refractivity contribution in [1.29, 1.82) is 0 Å². The molecular formula is C9H20N2O2S. The summed E-state index contributed by atoms with van der Waals surface area (Å²) in [6, 6.07) is 0. The second-order valence-electron chi connectivity index (χ2n) is 4.58. The summed E-state index contributed by atoms with van der Waals surface area (Å²) in [5.74, 6) is 0. The van der Waals surface area contributed by atoms with Crippen molar-refractivity contribution in [2.75, 3.05) is 13.1 Å². The quantitative estimate of drug-likeness (QED) is 0.755. The average molecular weight is 220 g/mol. The Labute approximate surface area is 86.5 Å². The molecule has 0 aliphatic carbocycles. The van der Waals surface area contributed by atoms with Gasteiger partial charge >= 0.3 is 0 Å². The third-order valence-corrected chi connectivity index (χ3v) is 5.47. The van der Waals surface area contributed by atoms with Crippen molar-refractivity contribution in [2.45, 2.75) is 44.4 Å². The second kappa shape index (κ2) is 3.79. The first-order valence-electron chi connectivity index (χ1n) is 5.04. The Balaban J connectivity index is 2.94. The number of nitrogens with two attached hydrogens (primary N) is 1. The number of sulfonamides is 1. The molecule has 0 aromatic carbocycles. The van der Waals surface area contributed by atoms with Gasteiger partial charge in [0.05, 0.1) is 5.25 Å². The third kappa shape index (κ3) is 1.94. The van der Waals surface area contributed by atoms with Gasteiger partial charge in [-0.15, -0.1) is 0 Å². The molecule has 4 nitrogen and oxygen atoms in total. The Bertz CT molecular complexity index is 298. The molecule has 1 aliphatic rings. The lowest BCUT2D eigenvalue weighted by Gasteiger charge is -2.32. The van der Waals surface area contributed by atoms with Crippen LogP contribution in [0.2, 0.25) is 0 Å². The zero-order valence-electron chi connectivity index (χ0n) is 9.16. The van der Waals surface area contributed by atoms with Crippen molar-refractivity contribution in [3.8, 4) is 0 Å². The summed E-state index contributed by atoms with van der Waals surface area (Å²) in [5.41, 5.74) is 5.17. The van der Waals surface area contributed by atoms with Gasteiger partial charge in [-0.25, -0.2) is 8.42 Å². The van der Waals surface area contributed by atoms with E-state index in [0.717, 1.165) is 12.8 Å². The van der Waals surface area contributed by atoms with E-state index in [9.17, 15) is 8.42 Å². The van der Waals surface area contributed by atoms with E-state index in [1.807, 2.05) is 13.8 Å². The number of rotatable bonds is 3. The van der Waals surface area contributed by atoms with Crippen LogP contribution in [0.4, 0.5) is 0 Å². The monoisotopic (exact) mass is 220 g/mol. The minimum atomic E-state index is -3.19. The lowest BCUT2D eigenvalue weighted by atomic mass is 10.0. The molecule has 1 saturated heterocycles. The number of nitrogens with zero attached hydrogens (tertiary/aromatic N) is 1. The highest BCUT2D eigenvalue weighted by Crippen LogP contribution is 2.32. The van der Waals surface area contributed by atoms with Crippen LogP contribution in [0.15, 0.2) is 0 Å². The fourth-order valence-corrected chi connectivity index (χ4v) is 3.73. The molecule has 0 spiro atoms. The van der Waals surface area contributed by atoms with E-state index >= 15 is 0 Å². The summed E-state index contributed by atoms with van der Waals surface area (Å²) in [6.07, 6.45) is 1.88. The first-order chi connectivity index (χ1) is 6.32. The van der Waals surface area contributed by atoms with Gasteiger partial charge in [-0.05, 0) is 33.6 Å². The molecule has 0 amide bonds. The maximum absolute atomic E-state index is 12.0. The summed E-state index contributed by atoms with van der Waals surface area (Å²) in [4.78, 5) is 0. The summed E-state index contributed by atoms with van der Waals surface area (Å²) in [7, 11) is -3.19. The Morgan fingerprint density at radius 2 is 2.07 bits per heavy atom. The SMILES string of the molecule is CC(CN)S(=O)(=O)N1CCCC1(C)C. The van der Waals surface area contributed by atoms with Gasteiger partial charge in [-0.3, -0.25) is 0 Å². The highest BCUT2D eigenvalue weighted by Gasteiger charge is 2.41. The first-order valence-corrected chi connectivity index (χ1v) is 6.54. The highest BCUT2D eigenvalue weighted by atomic mass is 32.2. The lowest BCUT2D eigenvalue weighted by molar-refractivity contribution is 0.289. The standard InChI is InChI=1S/C9H20N2O2S/c1-8(7-10)14(12,13)11-6-4-5-9(11,2)3/h8H,4-7,10H2,1-3H3. The van der Waals surface area contributed by atoms with Crippen LogP contribution in [0, 0.1) is 0 Å². The predicted octanol–water partition coefficient (Wildman–Crippen LogP) is 0.538. The Kier molecular flexibility index (Phi) is 3.23. The molecule has 1 aliphatic heterocycles. The smallest absolute Gasteiger partial charge is 0.218 e. The molecule has 0 bridgehead atoms. The van der Waals surface area contributed by atoms with Crippen LogP contribution < -0.4 is 5.73 Å². The minimum Gasteiger partial charge on any atom is -0.329 e. The van der Waals surface area contributed by atoms with Crippen molar-refractivity contribution < 1.29 is 8.42 Å². The third-order valence-electron chi connectivity index (χ3n) is 2.97. The van der Waals surface area contributed by atoms with E-state index in [-0.39, 0.29) is 12.1 Å². The van der Waals surface area contributed by atoms with E-state index in [0.29, 0.717) is 6.54 Å². The van der Waals surface area contributed by atoms with Crippen molar-refractivity contribution in [3.63, 3.8) is 0 Å². The largest absolute Gasteiger partial charge is 0.329 e. The molecule has 0 aromatic heterocycles. The molecule has 84 valence electrons. The van der Waals surface area contributed by atoms with Crippen LogP contribution in [-0.4, -0.2) is 36.6 Å². The molecule has 2 N–H and O–H groups in total. The maximum Gasteiger partial charge on any atom is 0.218 e. The van der Waals surface area contributed by atoms with Crippen LogP contribution in [0.1, 0.15) is 33.6 Å². The zero-order chi connectivity index (χ0) is 11.0. The predicted molar refractivity (Wildman–Crippen MR) is 57.5 cm³/mol. The topological polar surface area (TPSA) is 63.4 Å². The van der Waals surface area contributed by atoms with Crippen molar-refractivity contribution in [2.24, 2.45) is 5.73 Å². The van der Waals surface area contributed by atoms with Gasteiger partial charge in [0.2, 0.25) is 10.0 Å². The number of hydrogen-bond acceptors (Lipinski definition) is 3. The summed E-state index contributed by atoms with van der Waals surface area (Å²) < 4.78 is 25.7. The van der Waals surface area contributed by atoms with Gasteiger partial charge in [0.1, 0.15) is 0 Å². The van der Waals surface area contributed by atoms with Crippen LogP contribution in [0.5, 0.6) is 0 Å². The lowest BCUT2D eigenvalue weighted by Crippen LogP contribution is -2.48. The Morgan fingerprint density at radius 3 is 2.43 bits per heavy atom. The molecule has 1 heterocycles. The van der Waals surface area contributed by atoms with E-state index in [4.69, 9.17) is 5.73 Å². The minimum absolute atomic E-state index is 0.189. The van der Waals surface area contributed by atoms with E-state index in [1.165, 1.54) is 0 Å². The summed E-state index contributed by atoms with van der Waals surface area (Å²) in [6.45, 7) is 6.44. The van der Waals surface area contributed by atoms with Gasteiger partial charge in [0.25, 0.3) is 0 Å².